The van der Waals surface area contributed by atoms with Gasteiger partial charge in [0, 0.05) is 35.9 Å². The zero-order valence-corrected chi connectivity index (χ0v) is 11.7. The third-order valence-corrected chi connectivity index (χ3v) is 4.47. The number of nitrogens with zero attached hydrogens (tertiary/aromatic N) is 1. The van der Waals surface area contributed by atoms with Crippen LogP contribution in [0.15, 0.2) is 18.2 Å². The van der Waals surface area contributed by atoms with Gasteiger partial charge in [-0.15, -0.1) is 0 Å². The van der Waals surface area contributed by atoms with Crippen LogP contribution in [0.2, 0.25) is 5.02 Å². The minimum Gasteiger partial charge on any atom is -0.371 e. The van der Waals surface area contributed by atoms with Crippen molar-refractivity contribution >= 4 is 17.3 Å². The number of halogens is 1. The molecule has 3 rings (SSSR count). The molecule has 1 heterocycles. The zero-order valence-electron chi connectivity index (χ0n) is 11.0. The molecule has 0 radical (unpaired) electrons. The third kappa shape index (κ3) is 2.81. The minimum absolute atomic E-state index is 0.731. The highest BCUT2D eigenvalue weighted by Crippen LogP contribution is 2.27. The molecule has 98 valence electrons. The van der Waals surface area contributed by atoms with Gasteiger partial charge in [0.1, 0.15) is 0 Å². The van der Waals surface area contributed by atoms with Crippen molar-refractivity contribution in [3.8, 4) is 0 Å². The van der Waals surface area contributed by atoms with Crippen molar-refractivity contribution in [1.82, 2.24) is 5.32 Å². The first-order valence-electron chi connectivity index (χ1n) is 6.99. The van der Waals surface area contributed by atoms with Crippen LogP contribution in [0.3, 0.4) is 0 Å². The fourth-order valence-electron chi connectivity index (χ4n) is 2.67. The number of benzene rings is 1. The Labute approximate surface area is 114 Å². The van der Waals surface area contributed by atoms with E-state index in [1.807, 2.05) is 0 Å². The average molecular weight is 265 g/mol. The molecule has 0 amide bonds. The van der Waals surface area contributed by atoms with Crippen LogP contribution in [0, 0.1) is 6.92 Å². The topological polar surface area (TPSA) is 15.3 Å². The molecule has 2 fully saturated rings. The molecule has 1 aliphatic carbocycles. The Hall–Kier alpha value is -0.730. The molecule has 0 spiro atoms. The summed E-state index contributed by atoms with van der Waals surface area (Å²) in [4.78, 5) is 2.45. The number of rotatable bonds is 3. The van der Waals surface area contributed by atoms with Crippen molar-refractivity contribution < 1.29 is 0 Å². The second-order valence-corrected chi connectivity index (χ2v) is 6.04. The van der Waals surface area contributed by atoms with E-state index in [0.717, 1.165) is 35.8 Å². The molecule has 1 aromatic carbocycles. The summed E-state index contributed by atoms with van der Waals surface area (Å²) in [5, 5.41) is 4.61. The van der Waals surface area contributed by atoms with Crippen LogP contribution >= 0.6 is 11.6 Å². The maximum absolute atomic E-state index is 6.20. The van der Waals surface area contributed by atoms with Crippen molar-refractivity contribution in [2.45, 2.75) is 44.7 Å². The number of aryl methyl sites for hydroxylation is 1. The molecular formula is C15H21ClN2. The maximum atomic E-state index is 6.20. The monoisotopic (exact) mass is 264 g/mol. The molecule has 1 saturated heterocycles. The molecule has 0 atom stereocenters. The van der Waals surface area contributed by atoms with Crippen LogP contribution < -0.4 is 10.2 Å². The molecule has 1 saturated carbocycles. The predicted molar refractivity (Wildman–Crippen MR) is 77.6 cm³/mol. The van der Waals surface area contributed by atoms with Gasteiger partial charge in [-0.25, -0.2) is 0 Å². The summed E-state index contributed by atoms with van der Waals surface area (Å²) >= 11 is 6.20. The normalized spacial score (nSPS) is 21.3. The highest BCUT2D eigenvalue weighted by molar-refractivity contribution is 6.31. The van der Waals surface area contributed by atoms with E-state index >= 15 is 0 Å². The van der Waals surface area contributed by atoms with Crippen LogP contribution in [-0.2, 0) is 0 Å². The molecule has 18 heavy (non-hydrogen) atoms. The van der Waals surface area contributed by atoms with Gasteiger partial charge in [-0.3, -0.25) is 0 Å². The van der Waals surface area contributed by atoms with Crippen molar-refractivity contribution in [2.24, 2.45) is 0 Å². The van der Waals surface area contributed by atoms with E-state index in [0.29, 0.717) is 0 Å². The molecule has 0 bridgehead atoms. The molecule has 2 nitrogen and oxygen atoms in total. The summed E-state index contributed by atoms with van der Waals surface area (Å²) < 4.78 is 0. The summed E-state index contributed by atoms with van der Waals surface area (Å²) in [6.45, 7) is 4.34. The number of nitrogens with one attached hydrogen (secondary N) is 1. The molecule has 1 N–H and O–H groups in total. The number of hydrogen-bond acceptors (Lipinski definition) is 2. The van der Waals surface area contributed by atoms with Gasteiger partial charge in [0.15, 0.2) is 0 Å². The van der Waals surface area contributed by atoms with E-state index < -0.39 is 0 Å². The Balaban J connectivity index is 1.59. The number of piperidine rings is 1. The zero-order chi connectivity index (χ0) is 12.5. The molecular weight excluding hydrogens is 244 g/mol. The van der Waals surface area contributed by atoms with Gasteiger partial charge in [0.25, 0.3) is 0 Å². The van der Waals surface area contributed by atoms with Gasteiger partial charge in [-0.05, 0) is 50.3 Å². The van der Waals surface area contributed by atoms with E-state index in [2.05, 4.69) is 35.3 Å². The van der Waals surface area contributed by atoms with Gasteiger partial charge in [0.05, 0.1) is 0 Å². The second-order valence-electron chi connectivity index (χ2n) is 5.64. The van der Waals surface area contributed by atoms with Crippen LogP contribution in [0.5, 0.6) is 0 Å². The van der Waals surface area contributed by atoms with E-state index in [9.17, 15) is 0 Å². The van der Waals surface area contributed by atoms with Crippen LogP contribution in [-0.4, -0.2) is 25.2 Å². The Bertz CT molecular complexity index is 421. The van der Waals surface area contributed by atoms with Gasteiger partial charge < -0.3 is 10.2 Å². The highest BCUT2D eigenvalue weighted by atomic mass is 35.5. The largest absolute Gasteiger partial charge is 0.371 e. The lowest BCUT2D eigenvalue weighted by atomic mass is 10.0. The van der Waals surface area contributed by atoms with E-state index in [1.54, 1.807) is 0 Å². The van der Waals surface area contributed by atoms with Crippen LogP contribution in [0.25, 0.3) is 0 Å². The van der Waals surface area contributed by atoms with Crippen molar-refractivity contribution in [3.05, 3.63) is 28.8 Å². The molecule has 3 heteroatoms. The quantitative estimate of drug-likeness (QED) is 0.901. The van der Waals surface area contributed by atoms with E-state index in [-0.39, 0.29) is 0 Å². The fourth-order valence-corrected chi connectivity index (χ4v) is 2.84. The van der Waals surface area contributed by atoms with Gasteiger partial charge in [-0.1, -0.05) is 17.7 Å². The lowest BCUT2D eigenvalue weighted by Crippen LogP contribution is -2.43. The fraction of sp³-hybridized carbons (Fsp3) is 0.600. The van der Waals surface area contributed by atoms with Gasteiger partial charge >= 0.3 is 0 Å². The standard InChI is InChI=1S/C15H21ClN2/c1-11-2-5-14(10-15(11)16)18-8-6-13(7-9-18)17-12-3-4-12/h2,5,10,12-13,17H,3-4,6-9H2,1H3. The van der Waals surface area contributed by atoms with Crippen molar-refractivity contribution in [2.75, 3.05) is 18.0 Å². The number of hydrogen-bond donors (Lipinski definition) is 1. The Morgan fingerprint density at radius 3 is 2.39 bits per heavy atom. The first-order chi connectivity index (χ1) is 8.72. The summed E-state index contributed by atoms with van der Waals surface area (Å²) in [6.07, 6.45) is 5.27. The maximum Gasteiger partial charge on any atom is 0.0455 e. The lowest BCUT2D eigenvalue weighted by Gasteiger charge is -2.34. The van der Waals surface area contributed by atoms with Gasteiger partial charge in [-0.2, -0.15) is 0 Å². The molecule has 1 aliphatic heterocycles. The molecule has 0 aromatic heterocycles. The summed E-state index contributed by atoms with van der Waals surface area (Å²) in [5.74, 6) is 0. The predicted octanol–water partition coefficient (Wildman–Crippen LogP) is 3.37. The summed E-state index contributed by atoms with van der Waals surface area (Å²) in [7, 11) is 0. The lowest BCUT2D eigenvalue weighted by molar-refractivity contribution is 0.413. The first kappa shape index (κ1) is 12.3. The Morgan fingerprint density at radius 1 is 1.11 bits per heavy atom. The molecule has 1 aromatic rings. The molecule has 0 unspecified atom stereocenters. The Kier molecular flexibility index (Phi) is 3.49. The number of anilines is 1. The van der Waals surface area contributed by atoms with Gasteiger partial charge in [0.2, 0.25) is 0 Å². The van der Waals surface area contributed by atoms with Crippen molar-refractivity contribution in [1.29, 1.82) is 0 Å². The second kappa shape index (κ2) is 5.10. The van der Waals surface area contributed by atoms with Crippen molar-refractivity contribution in [3.63, 3.8) is 0 Å². The third-order valence-electron chi connectivity index (χ3n) is 4.06. The highest BCUT2D eigenvalue weighted by Gasteiger charge is 2.27. The van der Waals surface area contributed by atoms with E-state index in [1.165, 1.54) is 31.4 Å². The first-order valence-corrected chi connectivity index (χ1v) is 7.37. The molecule has 2 aliphatic rings. The van der Waals surface area contributed by atoms with Crippen LogP contribution in [0.4, 0.5) is 5.69 Å². The van der Waals surface area contributed by atoms with Crippen LogP contribution in [0.1, 0.15) is 31.2 Å². The minimum atomic E-state index is 0.731. The SMILES string of the molecule is Cc1ccc(N2CCC(NC3CC3)CC2)cc1Cl. The summed E-state index contributed by atoms with van der Waals surface area (Å²) in [5.41, 5.74) is 2.43. The Morgan fingerprint density at radius 2 is 1.78 bits per heavy atom. The smallest absolute Gasteiger partial charge is 0.0455 e. The van der Waals surface area contributed by atoms with E-state index in [4.69, 9.17) is 11.6 Å². The average Bonchev–Trinajstić information content (AvgIpc) is 3.18. The summed E-state index contributed by atoms with van der Waals surface area (Å²) in [6, 6.07) is 7.97.